The molecule has 0 unspecified atom stereocenters. The SMILES string of the molecule is CC(=O)c1cc(F)c(-c2ccc(F)cn2)cc1F. The molecule has 0 fully saturated rings. The van der Waals surface area contributed by atoms with Crippen molar-refractivity contribution in [3.05, 3.63) is 53.5 Å². The molecular formula is C13H8F3NO. The van der Waals surface area contributed by atoms with E-state index in [9.17, 15) is 18.0 Å². The predicted octanol–water partition coefficient (Wildman–Crippen LogP) is 3.37. The van der Waals surface area contributed by atoms with E-state index in [4.69, 9.17) is 0 Å². The van der Waals surface area contributed by atoms with Crippen LogP contribution in [0.1, 0.15) is 17.3 Å². The highest BCUT2D eigenvalue weighted by molar-refractivity contribution is 5.94. The third-order valence-corrected chi connectivity index (χ3v) is 2.44. The minimum atomic E-state index is -0.829. The molecule has 2 rings (SSSR count). The molecule has 2 aromatic rings. The van der Waals surface area contributed by atoms with Gasteiger partial charge in [-0.2, -0.15) is 0 Å². The summed E-state index contributed by atoms with van der Waals surface area (Å²) in [6.07, 6.45) is 0.908. The van der Waals surface area contributed by atoms with Gasteiger partial charge < -0.3 is 0 Å². The van der Waals surface area contributed by atoms with Gasteiger partial charge in [-0.05, 0) is 31.2 Å². The first-order chi connectivity index (χ1) is 8.49. The van der Waals surface area contributed by atoms with Crippen molar-refractivity contribution in [1.29, 1.82) is 0 Å². The lowest BCUT2D eigenvalue weighted by molar-refractivity contribution is 0.101. The Kier molecular flexibility index (Phi) is 3.14. The van der Waals surface area contributed by atoms with E-state index in [1.54, 1.807) is 0 Å². The van der Waals surface area contributed by atoms with Crippen molar-refractivity contribution < 1.29 is 18.0 Å². The van der Waals surface area contributed by atoms with Crippen LogP contribution in [0.25, 0.3) is 11.3 Å². The van der Waals surface area contributed by atoms with Crippen molar-refractivity contribution in [3.8, 4) is 11.3 Å². The first kappa shape index (κ1) is 12.3. The van der Waals surface area contributed by atoms with Gasteiger partial charge in [-0.3, -0.25) is 9.78 Å². The second kappa shape index (κ2) is 4.60. The average Bonchev–Trinajstić information content (AvgIpc) is 2.32. The summed E-state index contributed by atoms with van der Waals surface area (Å²) in [5.41, 5.74) is -0.334. The lowest BCUT2D eigenvalue weighted by Crippen LogP contribution is -2.00. The summed E-state index contributed by atoms with van der Waals surface area (Å²) >= 11 is 0. The van der Waals surface area contributed by atoms with Gasteiger partial charge in [-0.1, -0.05) is 0 Å². The number of rotatable bonds is 2. The third kappa shape index (κ3) is 2.25. The normalized spacial score (nSPS) is 10.4. The van der Waals surface area contributed by atoms with Crippen LogP contribution in [0.3, 0.4) is 0 Å². The third-order valence-electron chi connectivity index (χ3n) is 2.44. The van der Waals surface area contributed by atoms with Crippen molar-refractivity contribution in [2.24, 2.45) is 0 Å². The second-order valence-electron chi connectivity index (χ2n) is 3.73. The summed E-state index contributed by atoms with van der Waals surface area (Å²) in [4.78, 5) is 14.7. The van der Waals surface area contributed by atoms with Gasteiger partial charge >= 0.3 is 0 Å². The number of carbonyl (C=O) groups excluding carboxylic acids is 1. The topological polar surface area (TPSA) is 30.0 Å². The molecule has 0 aliphatic rings. The van der Waals surface area contributed by atoms with Gasteiger partial charge in [0.2, 0.25) is 0 Å². The van der Waals surface area contributed by atoms with Crippen LogP contribution in [0, 0.1) is 17.5 Å². The molecule has 0 saturated heterocycles. The van der Waals surface area contributed by atoms with Crippen LogP contribution < -0.4 is 0 Å². The standard InChI is InChI=1S/C13H8F3NO/c1-7(18)9-4-12(16)10(5-11(9)15)13-3-2-8(14)6-17-13/h2-6H,1H3. The molecule has 0 aliphatic heterocycles. The van der Waals surface area contributed by atoms with E-state index >= 15 is 0 Å². The fraction of sp³-hybridized carbons (Fsp3) is 0.0769. The number of aromatic nitrogens is 1. The Morgan fingerprint density at radius 2 is 1.83 bits per heavy atom. The van der Waals surface area contributed by atoms with Gasteiger partial charge in [0, 0.05) is 5.56 Å². The zero-order chi connectivity index (χ0) is 13.3. The number of nitrogens with zero attached hydrogens (tertiary/aromatic N) is 1. The fourth-order valence-corrected chi connectivity index (χ4v) is 1.55. The van der Waals surface area contributed by atoms with Crippen LogP contribution in [0.5, 0.6) is 0 Å². The number of carbonyl (C=O) groups is 1. The summed E-state index contributed by atoms with van der Waals surface area (Å²) < 4.78 is 40.0. The molecule has 0 aliphatic carbocycles. The Balaban J connectivity index is 2.56. The molecular weight excluding hydrogens is 243 g/mol. The molecule has 1 heterocycles. The van der Waals surface area contributed by atoms with E-state index < -0.39 is 23.2 Å². The monoisotopic (exact) mass is 251 g/mol. The molecule has 92 valence electrons. The number of halogens is 3. The Labute approximate surface area is 101 Å². The largest absolute Gasteiger partial charge is 0.294 e. The van der Waals surface area contributed by atoms with Gasteiger partial charge in [0.15, 0.2) is 5.78 Å². The lowest BCUT2D eigenvalue weighted by atomic mass is 10.0. The van der Waals surface area contributed by atoms with E-state index in [0.29, 0.717) is 0 Å². The van der Waals surface area contributed by atoms with Crippen LogP contribution >= 0.6 is 0 Å². The first-order valence-electron chi connectivity index (χ1n) is 5.11. The maximum atomic E-state index is 13.7. The van der Waals surface area contributed by atoms with Crippen molar-refractivity contribution in [2.75, 3.05) is 0 Å². The molecule has 1 aromatic carbocycles. The van der Waals surface area contributed by atoms with Crippen molar-refractivity contribution in [3.63, 3.8) is 0 Å². The molecule has 0 amide bonds. The van der Waals surface area contributed by atoms with E-state index in [1.807, 2.05) is 0 Å². The minimum absolute atomic E-state index is 0.0999. The van der Waals surface area contributed by atoms with Crippen LogP contribution in [-0.4, -0.2) is 10.8 Å². The van der Waals surface area contributed by atoms with Crippen LogP contribution in [-0.2, 0) is 0 Å². The van der Waals surface area contributed by atoms with Gasteiger partial charge in [0.1, 0.15) is 17.5 Å². The molecule has 18 heavy (non-hydrogen) atoms. The predicted molar refractivity (Wildman–Crippen MR) is 59.6 cm³/mol. The van der Waals surface area contributed by atoms with Crippen molar-refractivity contribution in [1.82, 2.24) is 4.98 Å². The molecule has 5 heteroatoms. The van der Waals surface area contributed by atoms with Gasteiger partial charge in [-0.15, -0.1) is 0 Å². The molecule has 0 bridgehead atoms. The Morgan fingerprint density at radius 3 is 2.39 bits per heavy atom. The summed E-state index contributed by atoms with van der Waals surface area (Å²) in [6, 6.07) is 4.03. The fourth-order valence-electron chi connectivity index (χ4n) is 1.55. The van der Waals surface area contributed by atoms with Gasteiger partial charge in [-0.25, -0.2) is 13.2 Å². The summed E-state index contributed by atoms with van der Waals surface area (Å²) in [5.74, 6) is -2.74. The second-order valence-corrected chi connectivity index (χ2v) is 3.73. The number of pyridine rings is 1. The Hall–Kier alpha value is -2.17. The number of ketones is 1. The summed E-state index contributed by atoms with van der Waals surface area (Å²) in [7, 11) is 0. The number of benzene rings is 1. The Bertz CT molecular complexity index is 608. The minimum Gasteiger partial charge on any atom is -0.294 e. The van der Waals surface area contributed by atoms with Crippen molar-refractivity contribution >= 4 is 5.78 Å². The molecule has 0 saturated carbocycles. The maximum Gasteiger partial charge on any atom is 0.162 e. The van der Waals surface area contributed by atoms with Gasteiger partial charge in [0.25, 0.3) is 0 Å². The quantitative estimate of drug-likeness (QED) is 0.766. The molecule has 0 spiro atoms. The highest BCUT2D eigenvalue weighted by atomic mass is 19.1. The van der Waals surface area contributed by atoms with Crippen LogP contribution in [0.15, 0.2) is 30.5 Å². The molecule has 0 N–H and O–H groups in total. The molecule has 2 nitrogen and oxygen atoms in total. The van der Waals surface area contributed by atoms with Crippen LogP contribution in [0.2, 0.25) is 0 Å². The number of hydrogen-bond acceptors (Lipinski definition) is 2. The van der Waals surface area contributed by atoms with Gasteiger partial charge in [0.05, 0.1) is 17.5 Å². The lowest BCUT2D eigenvalue weighted by Gasteiger charge is -2.05. The molecule has 1 aromatic heterocycles. The number of Topliss-reactive ketones (excluding diaryl/α,β-unsaturated/α-hetero) is 1. The van der Waals surface area contributed by atoms with E-state index in [0.717, 1.165) is 31.3 Å². The van der Waals surface area contributed by atoms with Crippen LogP contribution in [0.4, 0.5) is 13.2 Å². The summed E-state index contributed by atoms with van der Waals surface area (Å²) in [5, 5.41) is 0. The molecule has 0 radical (unpaired) electrons. The number of hydrogen-bond donors (Lipinski definition) is 0. The highest BCUT2D eigenvalue weighted by Gasteiger charge is 2.15. The van der Waals surface area contributed by atoms with E-state index in [2.05, 4.69) is 4.98 Å². The van der Waals surface area contributed by atoms with Crippen molar-refractivity contribution in [2.45, 2.75) is 6.92 Å². The summed E-state index contributed by atoms with van der Waals surface area (Å²) in [6.45, 7) is 1.15. The van der Waals surface area contributed by atoms with E-state index in [-0.39, 0.29) is 16.8 Å². The zero-order valence-electron chi connectivity index (χ0n) is 9.38. The van der Waals surface area contributed by atoms with E-state index in [1.165, 1.54) is 6.07 Å². The highest BCUT2D eigenvalue weighted by Crippen LogP contribution is 2.24. The smallest absolute Gasteiger partial charge is 0.162 e. The molecule has 0 atom stereocenters. The average molecular weight is 251 g/mol. The first-order valence-corrected chi connectivity index (χ1v) is 5.11. The maximum absolute atomic E-state index is 13.7. The Morgan fingerprint density at radius 1 is 1.11 bits per heavy atom. The zero-order valence-corrected chi connectivity index (χ0v) is 9.38.